The summed E-state index contributed by atoms with van der Waals surface area (Å²) in [5.41, 5.74) is 1.81. The Kier molecular flexibility index (Phi) is 5.82. The van der Waals surface area contributed by atoms with Gasteiger partial charge in [0.25, 0.3) is 0 Å². The highest BCUT2D eigenvalue weighted by Gasteiger charge is 2.31. The Hall–Kier alpha value is -3.66. The van der Waals surface area contributed by atoms with Crippen LogP contribution in [0.2, 0.25) is 0 Å². The van der Waals surface area contributed by atoms with Gasteiger partial charge in [-0.1, -0.05) is 30.3 Å². The fourth-order valence-electron chi connectivity index (χ4n) is 4.21. The van der Waals surface area contributed by atoms with Crippen LogP contribution in [0.5, 0.6) is 11.5 Å². The second-order valence-corrected chi connectivity index (χ2v) is 8.24. The van der Waals surface area contributed by atoms with Crippen LogP contribution in [0.15, 0.2) is 71.7 Å². The number of halogens is 3. The average molecular weight is 472 g/mol. The summed E-state index contributed by atoms with van der Waals surface area (Å²) in [5, 5.41) is 3.11. The van der Waals surface area contributed by atoms with E-state index in [1.807, 2.05) is 30.3 Å². The summed E-state index contributed by atoms with van der Waals surface area (Å²) in [7, 11) is 0. The minimum absolute atomic E-state index is 0.133. The Labute approximate surface area is 192 Å². The van der Waals surface area contributed by atoms with E-state index in [2.05, 4.69) is 14.7 Å². The van der Waals surface area contributed by atoms with Crippen LogP contribution in [0.3, 0.4) is 0 Å². The summed E-state index contributed by atoms with van der Waals surface area (Å²) in [5.74, 6) is 0.574. The van der Waals surface area contributed by atoms with E-state index in [1.54, 1.807) is 16.9 Å². The molecule has 4 aromatic rings. The summed E-state index contributed by atoms with van der Waals surface area (Å²) < 4.78 is 50.0. The van der Waals surface area contributed by atoms with E-state index < -0.39 is 6.36 Å². The van der Waals surface area contributed by atoms with Gasteiger partial charge in [0, 0.05) is 31.4 Å². The van der Waals surface area contributed by atoms with Crippen molar-refractivity contribution in [3.63, 3.8) is 0 Å². The third kappa shape index (κ3) is 4.96. The normalized spacial score (nSPS) is 16.9. The third-order valence-electron chi connectivity index (χ3n) is 5.84. The van der Waals surface area contributed by atoms with E-state index in [4.69, 9.17) is 4.74 Å². The SMILES string of the molecule is O=c1n(CCN2CCC(Oc3ccccc3)C2)[nH]c2cc(-c3ccc(OC(F)(F)F)cc3)cn12. The summed E-state index contributed by atoms with van der Waals surface area (Å²) in [6.45, 7) is 2.94. The molecule has 1 unspecified atom stereocenters. The second kappa shape index (κ2) is 8.94. The largest absolute Gasteiger partial charge is 0.573 e. The van der Waals surface area contributed by atoms with Gasteiger partial charge in [0.05, 0.1) is 6.54 Å². The minimum Gasteiger partial charge on any atom is -0.489 e. The van der Waals surface area contributed by atoms with Gasteiger partial charge in [-0.15, -0.1) is 13.2 Å². The first-order valence-electron chi connectivity index (χ1n) is 11.0. The molecule has 1 fully saturated rings. The number of aromatic amines is 1. The Morgan fingerprint density at radius 1 is 0.971 bits per heavy atom. The monoisotopic (exact) mass is 472 g/mol. The number of likely N-dealkylation sites (tertiary alicyclic amines) is 1. The maximum atomic E-state index is 12.8. The first-order valence-corrected chi connectivity index (χ1v) is 11.0. The fraction of sp³-hybridized carbons (Fsp3) is 0.292. The number of aromatic nitrogens is 3. The van der Waals surface area contributed by atoms with Crippen LogP contribution in [0.4, 0.5) is 13.2 Å². The summed E-state index contributed by atoms with van der Waals surface area (Å²) in [6, 6.07) is 17.1. The number of nitrogens with one attached hydrogen (secondary N) is 1. The van der Waals surface area contributed by atoms with Crippen molar-refractivity contribution in [1.82, 2.24) is 19.1 Å². The Morgan fingerprint density at radius 2 is 1.74 bits per heavy atom. The van der Waals surface area contributed by atoms with Crippen molar-refractivity contribution in [2.75, 3.05) is 19.6 Å². The van der Waals surface area contributed by atoms with E-state index in [-0.39, 0.29) is 17.5 Å². The van der Waals surface area contributed by atoms with Gasteiger partial charge in [0.15, 0.2) is 0 Å². The molecular formula is C24H23F3N4O3. The molecule has 2 aromatic heterocycles. The lowest BCUT2D eigenvalue weighted by Crippen LogP contribution is -2.31. The van der Waals surface area contributed by atoms with Crippen LogP contribution in [-0.2, 0) is 6.54 Å². The molecule has 0 saturated carbocycles. The molecule has 178 valence electrons. The van der Waals surface area contributed by atoms with Gasteiger partial charge in [-0.25, -0.2) is 9.48 Å². The first kappa shape index (κ1) is 22.1. The van der Waals surface area contributed by atoms with Crippen molar-refractivity contribution in [3.05, 3.63) is 77.3 Å². The molecule has 0 radical (unpaired) electrons. The lowest BCUT2D eigenvalue weighted by Gasteiger charge is -2.16. The minimum atomic E-state index is -4.73. The molecule has 0 bridgehead atoms. The standard InChI is InChI=1S/C24H23F3N4O3/c25-24(26,27)34-20-8-6-17(7-9-20)18-14-22-28-31(23(32)30(22)15-18)13-12-29-11-10-21(16-29)33-19-4-2-1-3-5-19/h1-9,14-15,21,28H,10-13,16H2. The van der Waals surface area contributed by atoms with E-state index in [0.717, 1.165) is 30.8 Å². The molecule has 0 spiro atoms. The van der Waals surface area contributed by atoms with E-state index in [1.165, 1.54) is 28.7 Å². The van der Waals surface area contributed by atoms with Crippen molar-refractivity contribution in [2.45, 2.75) is 25.4 Å². The van der Waals surface area contributed by atoms with Gasteiger partial charge in [0.2, 0.25) is 0 Å². The zero-order chi connectivity index (χ0) is 23.7. The molecule has 1 aliphatic heterocycles. The van der Waals surface area contributed by atoms with Crippen LogP contribution < -0.4 is 15.2 Å². The zero-order valence-electron chi connectivity index (χ0n) is 18.2. The topological polar surface area (TPSA) is 63.9 Å². The van der Waals surface area contributed by atoms with Gasteiger partial charge in [0.1, 0.15) is 23.3 Å². The highest BCUT2D eigenvalue weighted by atomic mass is 19.4. The van der Waals surface area contributed by atoms with E-state index in [9.17, 15) is 18.0 Å². The van der Waals surface area contributed by atoms with Crippen LogP contribution in [0, 0.1) is 0 Å². The molecule has 0 aliphatic carbocycles. The van der Waals surface area contributed by atoms with Crippen molar-refractivity contribution < 1.29 is 22.6 Å². The number of para-hydroxylation sites is 1. The molecule has 7 nitrogen and oxygen atoms in total. The number of nitrogens with zero attached hydrogens (tertiary/aromatic N) is 3. The van der Waals surface area contributed by atoms with Gasteiger partial charge in [-0.05, 0) is 42.3 Å². The molecule has 0 amide bonds. The quantitative estimate of drug-likeness (QED) is 0.439. The maximum Gasteiger partial charge on any atom is 0.573 e. The van der Waals surface area contributed by atoms with Crippen molar-refractivity contribution in [1.29, 1.82) is 0 Å². The average Bonchev–Trinajstić information content (AvgIpc) is 3.49. The number of ether oxygens (including phenoxy) is 2. The predicted octanol–water partition coefficient (Wildman–Crippen LogP) is 4.15. The molecule has 10 heteroatoms. The van der Waals surface area contributed by atoms with Crippen LogP contribution in [0.25, 0.3) is 16.8 Å². The van der Waals surface area contributed by atoms with Crippen LogP contribution in [0.1, 0.15) is 6.42 Å². The molecule has 34 heavy (non-hydrogen) atoms. The lowest BCUT2D eigenvalue weighted by atomic mass is 10.1. The molecule has 2 aromatic carbocycles. The molecule has 1 N–H and O–H groups in total. The van der Waals surface area contributed by atoms with Gasteiger partial charge >= 0.3 is 12.1 Å². The lowest BCUT2D eigenvalue weighted by molar-refractivity contribution is -0.274. The Balaban J connectivity index is 1.20. The van der Waals surface area contributed by atoms with Crippen molar-refractivity contribution in [3.8, 4) is 22.6 Å². The molecule has 5 rings (SSSR count). The van der Waals surface area contributed by atoms with Gasteiger partial charge in [-0.2, -0.15) is 0 Å². The van der Waals surface area contributed by atoms with Gasteiger partial charge in [-0.3, -0.25) is 14.4 Å². The molecule has 1 aliphatic rings. The fourth-order valence-corrected chi connectivity index (χ4v) is 4.21. The summed E-state index contributed by atoms with van der Waals surface area (Å²) in [4.78, 5) is 15.1. The van der Waals surface area contributed by atoms with Crippen LogP contribution in [-0.4, -0.2) is 51.2 Å². The number of rotatable bonds is 7. The van der Waals surface area contributed by atoms with E-state index >= 15 is 0 Å². The Bertz CT molecular complexity index is 1310. The van der Waals surface area contributed by atoms with Gasteiger partial charge < -0.3 is 9.47 Å². The second-order valence-electron chi connectivity index (χ2n) is 8.24. The van der Waals surface area contributed by atoms with Crippen LogP contribution >= 0.6 is 0 Å². The predicted molar refractivity (Wildman–Crippen MR) is 120 cm³/mol. The third-order valence-corrected chi connectivity index (χ3v) is 5.84. The molecular weight excluding hydrogens is 449 g/mol. The maximum absolute atomic E-state index is 12.8. The molecule has 1 atom stereocenters. The summed E-state index contributed by atoms with van der Waals surface area (Å²) in [6.07, 6.45) is -1.99. The smallest absolute Gasteiger partial charge is 0.489 e. The van der Waals surface area contributed by atoms with E-state index in [0.29, 0.717) is 24.3 Å². The number of hydrogen-bond acceptors (Lipinski definition) is 4. The highest BCUT2D eigenvalue weighted by Crippen LogP contribution is 2.27. The number of hydrogen-bond donors (Lipinski definition) is 1. The van der Waals surface area contributed by atoms with Crippen molar-refractivity contribution in [2.24, 2.45) is 0 Å². The zero-order valence-corrected chi connectivity index (χ0v) is 18.2. The number of fused-ring (bicyclic) bond motifs is 1. The number of H-pyrrole nitrogens is 1. The summed E-state index contributed by atoms with van der Waals surface area (Å²) >= 11 is 0. The highest BCUT2D eigenvalue weighted by molar-refractivity contribution is 5.68. The van der Waals surface area contributed by atoms with Crippen molar-refractivity contribution >= 4 is 5.65 Å². The number of benzene rings is 2. The molecule has 3 heterocycles. The Morgan fingerprint density at radius 3 is 2.44 bits per heavy atom. The first-order chi connectivity index (χ1) is 16.3. The number of alkyl halides is 3. The molecule has 1 saturated heterocycles.